The van der Waals surface area contributed by atoms with E-state index in [-0.39, 0.29) is 30.8 Å². The van der Waals surface area contributed by atoms with E-state index < -0.39 is 0 Å². The molecular weight excluding hydrogens is 270 g/mol. The number of rotatable bonds is 8. The topological polar surface area (TPSA) is 87.3 Å². The van der Waals surface area contributed by atoms with Gasteiger partial charge < -0.3 is 16.0 Å². The lowest BCUT2D eigenvalue weighted by Crippen LogP contribution is -2.42. The average Bonchev–Trinajstić information content (AvgIpc) is 3.12. The molecule has 2 fully saturated rings. The Morgan fingerprint density at radius 2 is 1.43 bits per heavy atom. The van der Waals surface area contributed by atoms with Gasteiger partial charge >= 0.3 is 0 Å². The molecule has 0 heterocycles. The third-order valence-electron chi connectivity index (χ3n) is 4.09. The van der Waals surface area contributed by atoms with Crippen molar-refractivity contribution in [1.82, 2.24) is 16.0 Å². The van der Waals surface area contributed by atoms with Gasteiger partial charge in [0.2, 0.25) is 17.7 Å². The summed E-state index contributed by atoms with van der Waals surface area (Å²) >= 11 is 0. The van der Waals surface area contributed by atoms with Gasteiger partial charge in [0, 0.05) is 12.5 Å². The first-order valence-electron chi connectivity index (χ1n) is 7.96. The van der Waals surface area contributed by atoms with Crippen LogP contribution in [0.3, 0.4) is 0 Å². The van der Waals surface area contributed by atoms with Gasteiger partial charge in [-0.1, -0.05) is 25.7 Å². The van der Waals surface area contributed by atoms with Crippen molar-refractivity contribution in [3.8, 4) is 0 Å². The number of nitrogens with one attached hydrogen (secondary N) is 3. The van der Waals surface area contributed by atoms with Gasteiger partial charge in [-0.3, -0.25) is 14.4 Å². The zero-order valence-corrected chi connectivity index (χ0v) is 12.5. The molecule has 0 aromatic carbocycles. The molecule has 2 rings (SSSR count). The van der Waals surface area contributed by atoms with Crippen LogP contribution in [0.2, 0.25) is 0 Å². The first-order valence-corrected chi connectivity index (χ1v) is 7.96. The molecule has 0 aliphatic heterocycles. The van der Waals surface area contributed by atoms with Gasteiger partial charge in [0.15, 0.2) is 0 Å². The van der Waals surface area contributed by atoms with Gasteiger partial charge in [-0.25, -0.2) is 0 Å². The Labute approximate surface area is 125 Å². The molecule has 6 nitrogen and oxygen atoms in total. The Morgan fingerprint density at radius 1 is 0.810 bits per heavy atom. The average molecular weight is 295 g/mol. The van der Waals surface area contributed by atoms with Crippen molar-refractivity contribution >= 4 is 17.7 Å². The fourth-order valence-electron chi connectivity index (χ4n) is 2.65. The van der Waals surface area contributed by atoms with Crippen LogP contribution >= 0.6 is 0 Å². The van der Waals surface area contributed by atoms with E-state index in [9.17, 15) is 14.4 Å². The van der Waals surface area contributed by atoms with Crippen LogP contribution in [0.1, 0.15) is 51.4 Å². The second kappa shape index (κ2) is 8.00. The van der Waals surface area contributed by atoms with Crippen molar-refractivity contribution in [2.24, 2.45) is 5.92 Å². The van der Waals surface area contributed by atoms with Gasteiger partial charge in [-0.2, -0.15) is 0 Å². The number of hydrogen-bond donors (Lipinski definition) is 3. The third kappa shape index (κ3) is 6.60. The Morgan fingerprint density at radius 3 is 2.10 bits per heavy atom. The van der Waals surface area contributed by atoms with E-state index in [4.69, 9.17) is 0 Å². The first-order chi connectivity index (χ1) is 10.1. The Kier molecular flexibility index (Phi) is 6.02. The summed E-state index contributed by atoms with van der Waals surface area (Å²) in [6.45, 7) is -0.0759. The minimum absolute atomic E-state index is 0.0206. The summed E-state index contributed by atoms with van der Waals surface area (Å²) in [5, 5.41) is 7.89. The van der Waals surface area contributed by atoms with E-state index in [1.807, 2.05) is 0 Å². The number of carbonyl (C=O) groups excluding carboxylic acids is 3. The van der Waals surface area contributed by atoms with Crippen LogP contribution in [0.5, 0.6) is 0 Å². The molecule has 2 aliphatic rings. The Balaban J connectivity index is 1.48. The quantitative estimate of drug-likeness (QED) is 0.608. The summed E-state index contributed by atoms with van der Waals surface area (Å²) in [4.78, 5) is 34.5. The van der Waals surface area contributed by atoms with Gasteiger partial charge in [-0.15, -0.1) is 0 Å². The van der Waals surface area contributed by atoms with Crippen molar-refractivity contribution in [3.05, 3.63) is 0 Å². The van der Waals surface area contributed by atoms with Crippen molar-refractivity contribution in [2.75, 3.05) is 13.1 Å². The highest BCUT2D eigenvalue weighted by Gasteiger charge is 2.23. The van der Waals surface area contributed by atoms with Gasteiger partial charge in [0.05, 0.1) is 13.1 Å². The molecule has 0 atom stereocenters. The second-order valence-corrected chi connectivity index (χ2v) is 6.08. The van der Waals surface area contributed by atoms with Gasteiger partial charge in [0.25, 0.3) is 0 Å². The molecule has 0 aromatic rings. The van der Waals surface area contributed by atoms with Crippen molar-refractivity contribution < 1.29 is 14.4 Å². The highest BCUT2D eigenvalue weighted by molar-refractivity contribution is 5.88. The highest BCUT2D eigenvalue weighted by atomic mass is 16.2. The molecule has 21 heavy (non-hydrogen) atoms. The lowest BCUT2D eigenvalue weighted by atomic mass is 10.0. The molecule has 0 aromatic heterocycles. The first kappa shape index (κ1) is 15.8. The molecule has 0 radical (unpaired) electrons. The summed E-state index contributed by atoms with van der Waals surface area (Å²) in [6.07, 6.45) is 8.45. The van der Waals surface area contributed by atoms with E-state index in [2.05, 4.69) is 16.0 Å². The zero-order valence-electron chi connectivity index (χ0n) is 12.5. The standard InChI is InChI=1S/C15H25N3O3/c19-13(8-5-11-3-1-2-4-11)16-9-14(20)17-10-15(21)18-12-6-7-12/h11-12H,1-10H2,(H,16,19)(H,17,20)(H,18,21). The maximum Gasteiger partial charge on any atom is 0.239 e. The van der Waals surface area contributed by atoms with E-state index in [0.29, 0.717) is 18.4 Å². The van der Waals surface area contributed by atoms with Crippen LogP contribution in [0.4, 0.5) is 0 Å². The summed E-state index contributed by atoms with van der Waals surface area (Å²) in [5.41, 5.74) is 0. The Hall–Kier alpha value is -1.59. The molecule has 118 valence electrons. The van der Waals surface area contributed by atoms with Crippen LogP contribution in [-0.4, -0.2) is 36.9 Å². The summed E-state index contributed by atoms with van der Waals surface area (Å²) in [5.74, 6) is 0.101. The van der Waals surface area contributed by atoms with Crippen LogP contribution < -0.4 is 16.0 Å². The highest BCUT2D eigenvalue weighted by Crippen LogP contribution is 2.28. The number of hydrogen-bond acceptors (Lipinski definition) is 3. The van der Waals surface area contributed by atoms with E-state index in [0.717, 1.165) is 19.3 Å². The molecule has 2 aliphatic carbocycles. The molecule has 0 saturated heterocycles. The van der Waals surface area contributed by atoms with Crippen molar-refractivity contribution in [3.63, 3.8) is 0 Å². The van der Waals surface area contributed by atoms with E-state index in [1.165, 1.54) is 25.7 Å². The van der Waals surface area contributed by atoms with Crippen molar-refractivity contribution in [2.45, 2.75) is 57.4 Å². The SMILES string of the molecule is O=C(CCC1CCCC1)NCC(=O)NCC(=O)NC1CC1. The lowest BCUT2D eigenvalue weighted by Gasteiger charge is -2.09. The van der Waals surface area contributed by atoms with Crippen LogP contribution in [0.25, 0.3) is 0 Å². The van der Waals surface area contributed by atoms with Crippen molar-refractivity contribution in [1.29, 1.82) is 0 Å². The molecule has 0 unspecified atom stereocenters. The summed E-state index contributed by atoms with van der Waals surface area (Å²) in [7, 11) is 0. The third-order valence-corrected chi connectivity index (χ3v) is 4.09. The monoisotopic (exact) mass is 295 g/mol. The molecule has 3 amide bonds. The van der Waals surface area contributed by atoms with Gasteiger partial charge in [0.1, 0.15) is 0 Å². The second-order valence-electron chi connectivity index (χ2n) is 6.08. The predicted octanol–water partition coefficient (Wildman–Crippen LogP) is 0.468. The zero-order chi connectivity index (χ0) is 15.1. The smallest absolute Gasteiger partial charge is 0.239 e. The molecule has 0 bridgehead atoms. The predicted molar refractivity (Wildman–Crippen MR) is 78.4 cm³/mol. The fourth-order valence-corrected chi connectivity index (χ4v) is 2.65. The van der Waals surface area contributed by atoms with Crippen LogP contribution in [0, 0.1) is 5.92 Å². The van der Waals surface area contributed by atoms with E-state index in [1.54, 1.807) is 0 Å². The van der Waals surface area contributed by atoms with E-state index >= 15 is 0 Å². The maximum absolute atomic E-state index is 11.6. The normalized spacial score (nSPS) is 18.3. The molecule has 0 spiro atoms. The molecule has 2 saturated carbocycles. The number of amides is 3. The largest absolute Gasteiger partial charge is 0.352 e. The van der Waals surface area contributed by atoms with Crippen LogP contribution in [-0.2, 0) is 14.4 Å². The lowest BCUT2D eigenvalue weighted by molar-refractivity contribution is -0.127. The number of carbonyl (C=O) groups is 3. The van der Waals surface area contributed by atoms with Gasteiger partial charge in [-0.05, 0) is 25.2 Å². The molecule has 3 N–H and O–H groups in total. The molecular formula is C15H25N3O3. The Bertz CT molecular complexity index is 388. The minimum atomic E-state index is -0.324. The molecule has 6 heteroatoms. The summed E-state index contributed by atoms with van der Waals surface area (Å²) < 4.78 is 0. The summed E-state index contributed by atoms with van der Waals surface area (Å²) in [6, 6.07) is 0.296. The maximum atomic E-state index is 11.6. The minimum Gasteiger partial charge on any atom is -0.352 e. The fraction of sp³-hybridized carbons (Fsp3) is 0.800. The van der Waals surface area contributed by atoms with Crippen LogP contribution in [0.15, 0.2) is 0 Å².